The summed E-state index contributed by atoms with van der Waals surface area (Å²) < 4.78 is 18.9. The largest absolute Gasteiger partial charge is 0.491 e. The molecule has 0 aromatic heterocycles. The lowest BCUT2D eigenvalue weighted by molar-refractivity contribution is 0.224. The number of unbranched alkanes of at least 4 members (excludes halogenated alkanes) is 5. The number of hydrogen-bond acceptors (Lipinski definition) is 8. The SMILES string of the molecule is CCCCN=C(CCCC)OCN(COC(CCCC)=NCCCC)c1ccc(N=N)c(OCC(CC)CCCC)c1. The maximum atomic E-state index is 7.72. The van der Waals surface area contributed by atoms with Crippen LogP contribution in [0.15, 0.2) is 33.3 Å². The van der Waals surface area contributed by atoms with Crippen molar-refractivity contribution in [1.82, 2.24) is 0 Å². The second-order valence-electron chi connectivity index (χ2n) is 11.0. The molecule has 1 rings (SSSR count). The van der Waals surface area contributed by atoms with Gasteiger partial charge in [-0.2, -0.15) is 5.11 Å². The van der Waals surface area contributed by atoms with Crippen molar-refractivity contribution >= 4 is 23.2 Å². The molecular weight excluding hydrogens is 526 g/mol. The molecular formula is C34H61N5O3. The molecule has 8 heteroatoms. The first-order valence-electron chi connectivity index (χ1n) is 16.8. The fourth-order valence-electron chi connectivity index (χ4n) is 4.28. The van der Waals surface area contributed by atoms with E-state index in [2.05, 4.69) is 51.6 Å². The molecule has 240 valence electrons. The van der Waals surface area contributed by atoms with E-state index in [-0.39, 0.29) is 0 Å². The van der Waals surface area contributed by atoms with Gasteiger partial charge in [-0.3, -0.25) is 9.98 Å². The third kappa shape index (κ3) is 16.1. The van der Waals surface area contributed by atoms with Crippen LogP contribution in [0.5, 0.6) is 5.75 Å². The number of benzene rings is 1. The number of nitrogens with zero attached hydrogens (tertiary/aromatic N) is 4. The van der Waals surface area contributed by atoms with Crippen LogP contribution in [0.2, 0.25) is 0 Å². The molecule has 1 atom stereocenters. The average molecular weight is 588 g/mol. The van der Waals surface area contributed by atoms with Crippen LogP contribution in [-0.4, -0.2) is 45.0 Å². The average Bonchev–Trinajstić information content (AvgIpc) is 3.01. The third-order valence-corrected chi connectivity index (χ3v) is 7.31. The number of hydrogen-bond donors (Lipinski definition) is 1. The van der Waals surface area contributed by atoms with Gasteiger partial charge in [0, 0.05) is 37.7 Å². The van der Waals surface area contributed by atoms with Crippen LogP contribution in [0, 0.1) is 11.4 Å². The van der Waals surface area contributed by atoms with Gasteiger partial charge in [-0.25, -0.2) is 5.53 Å². The van der Waals surface area contributed by atoms with E-state index >= 15 is 0 Å². The van der Waals surface area contributed by atoms with Crippen LogP contribution in [0.25, 0.3) is 0 Å². The summed E-state index contributed by atoms with van der Waals surface area (Å²) in [6.45, 7) is 15.9. The Morgan fingerprint density at radius 2 is 1.31 bits per heavy atom. The molecule has 1 aromatic carbocycles. The van der Waals surface area contributed by atoms with Gasteiger partial charge in [0.05, 0.1) is 6.61 Å². The van der Waals surface area contributed by atoms with Crippen LogP contribution < -0.4 is 9.64 Å². The van der Waals surface area contributed by atoms with E-state index in [9.17, 15) is 0 Å². The zero-order chi connectivity index (χ0) is 30.8. The van der Waals surface area contributed by atoms with Crippen molar-refractivity contribution in [2.45, 2.75) is 131 Å². The fourth-order valence-corrected chi connectivity index (χ4v) is 4.28. The second kappa shape index (κ2) is 24.9. The van der Waals surface area contributed by atoms with Crippen molar-refractivity contribution in [2.75, 3.05) is 38.1 Å². The second-order valence-corrected chi connectivity index (χ2v) is 11.0. The van der Waals surface area contributed by atoms with Crippen molar-refractivity contribution in [3.63, 3.8) is 0 Å². The summed E-state index contributed by atoms with van der Waals surface area (Å²) in [6.07, 6.45) is 14.8. The highest BCUT2D eigenvalue weighted by atomic mass is 16.5. The van der Waals surface area contributed by atoms with Crippen molar-refractivity contribution < 1.29 is 14.2 Å². The quantitative estimate of drug-likeness (QED) is 0.0405. The topological polar surface area (TPSA) is 91.9 Å². The van der Waals surface area contributed by atoms with Gasteiger partial charge in [-0.15, -0.1) is 0 Å². The van der Waals surface area contributed by atoms with Gasteiger partial charge in [0.1, 0.15) is 11.4 Å². The highest BCUT2D eigenvalue weighted by Crippen LogP contribution is 2.33. The third-order valence-electron chi connectivity index (χ3n) is 7.31. The summed E-state index contributed by atoms with van der Waals surface area (Å²) >= 11 is 0. The van der Waals surface area contributed by atoms with Crippen molar-refractivity contribution in [1.29, 1.82) is 5.53 Å². The molecule has 0 aliphatic carbocycles. The van der Waals surface area contributed by atoms with Gasteiger partial charge in [0.15, 0.2) is 25.3 Å². The van der Waals surface area contributed by atoms with Gasteiger partial charge in [-0.05, 0) is 50.2 Å². The van der Waals surface area contributed by atoms with E-state index in [1.807, 2.05) is 18.2 Å². The number of rotatable bonds is 25. The van der Waals surface area contributed by atoms with Crippen LogP contribution >= 0.6 is 0 Å². The first kappa shape index (κ1) is 37.4. The van der Waals surface area contributed by atoms with Gasteiger partial charge < -0.3 is 19.1 Å². The van der Waals surface area contributed by atoms with Crippen LogP contribution in [0.1, 0.15) is 131 Å². The lowest BCUT2D eigenvalue weighted by Gasteiger charge is -2.26. The van der Waals surface area contributed by atoms with Crippen LogP contribution in [0.4, 0.5) is 11.4 Å². The van der Waals surface area contributed by atoms with Crippen LogP contribution in [0.3, 0.4) is 0 Å². The predicted octanol–water partition coefficient (Wildman–Crippen LogP) is 10.5. The molecule has 0 saturated carbocycles. The Labute approximate surface area is 257 Å². The van der Waals surface area contributed by atoms with E-state index < -0.39 is 0 Å². The van der Waals surface area contributed by atoms with Gasteiger partial charge in [0.25, 0.3) is 0 Å². The smallest absolute Gasteiger partial charge is 0.185 e. The van der Waals surface area contributed by atoms with Crippen molar-refractivity contribution in [2.24, 2.45) is 21.0 Å². The van der Waals surface area contributed by atoms with E-state index in [1.165, 1.54) is 12.8 Å². The molecule has 0 aliphatic heterocycles. The predicted molar refractivity (Wildman–Crippen MR) is 178 cm³/mol. The van der Waals surface area contributed by atoms with Gasteiger partial charge in [-0.1, -0.05) is 86.5 Å². The first-order chi connectivity index (χ1) is 20.6. The monoisotopic (exact) mass is 587 g/mol. The maximum Gasteiger partial charge on any atom is 0.185 e. The first-order valence-corrected chi connectivity index (χ1v) is 16.8. The molecule has 0 spiro atoms. The van der Waals surface area contributed by atoms with Gasteiger partial charge >= 0.3 is 0 Å². The molecule has 1 N–H and O–H groups in total. The number of nitrogens with one attached hydrogen (secondary N) is 1. The van der Waals surface area contributed by atoms with E-state index in [1.54, 1.807) is 0 Å². The Kier molecular flexibility index (Phi) is 22.2. The molecule has 42 heavy (non-hydrogen) atoms. The Morgan fingerprint density at radius 1 is 0.762 bits per heavy atom. The van der Waals surface area contributed by atoms with E-state index in [4.69, 9.17) is 29.7 Å². The van der Waals surface area contributed by atoms with Crippen molar-refractivity contribution in [3.8, 4) is 5.75 Å². The zero-order valence-electron chi connectivity index (χ0n) is 27.8. The molecule has 1 unspecified atom stereocenters. The Balaban J connectivity index is 3.24. The molecule has 0 radical (unpaired) electrons. The number of ether oxygens (including phenoxy) is 3. The summed E-state index contributed by atoms with van der Waals surface area (Å²) in [5.74, 6) is 2.70. The highest BCUT2D eigenvalue weighted by Gasteiger charge is 2.16. The lowest BCUT2D eigenvalue weighted by Crippen LogP contribution is -2.32. The minimum absolute atomic E-state index is 0.301. The fraction of sp³-hybridized carbons (Fsp3) is 0.765. The minimum atomic E-state index is 0.301. The lowest BCUT2D eigenvalue weighted by atomic mass is 10.0. The Hall–Kier alpha value is -2.64. The molecule has 0 saturated heterocycles. The number of aliphatic imine (C=N–C) groups is 2. The molecule has 0 fully saturated rings. The minimum Gasteiger partial charge on any atom is -0.491 e. The molecule has 0 aliphatic rings. The molecule has 0 heterocycles. The van der Waals surface area contributed by atoms with E-state index in [0.717, 1.165) is 108 Å². The molecule has 8 nitrogen and oxygen atoms in total. The normalized spacial score (nSPS) is 12.7. The zero-order valence-corrected chi connectivity index (χ0v) is 27.8. The summed E-state index contributed by atoms with van der Waals surface area (Å²) in [4.78, 5) is 11.6. The molecule has 0 amide bonds. The summed E-state index contributed by atoms with van der Waals surface area (Å²) in [5.41, 5.74) is 9.14. The summed E-state index contributed by atoms with van der Waals surface area (Å²) in [5, 5.41) is 3.74. The van der Waals surface area contributed by atoms with Crippen LogP contribution in [-0.2, 0) is 9.47 Å². The van der Waals surface area contributed by atoms with E-state index in [0.29, 0.717) is 37.4 Å². The Morgan fingerprint density at radius 3 is 1.79 bits per heavy atom. The molecule has 1 aromatic rings. The molecule has 0 bridgehead atoms. The van der Waals surface area contributed by atoms with Gasteiger partial charge in [0.2, 0.25) is 0 Å². The standard InChI is InChI=1S/C34H61N5O3/c1-7-13-18-29(12-6)26-40-32-25-30(21-22-31(32)38-35)39(27-41-33(19-14-8-2)36-23-16-10-4)28-42-34(20-15-9-3)37-24-17-11-5/h21-22,25,29,35H,7-20,23-24,26-28H2,1-6H3. The Bertz CT molecular complexity index is 856. The summed E-state index contributed by atoms with van der Waals surface area (Å²) in [7, 11) is 0. The highest BCUT2D eigenvalue weighted by molar-refractivity contribution is 5.77. The summed E-state index contributed by atoms with van der Waals surface area (Å²) in [6, 6.07) is 5.77. The van der Waals surface area contributed by atoms with Crippen molar-refractivity contribution in [3.05, 3.63) is 18.2 Å². The number of anilines is 1. The maximum absolute atomic E-state index is 7.72.